The largest absolute Gasteiger partial charge is 0.462 e. The highest BCUT2D eigenvalue weighted by molar-refractivity contribution is 5.71. The van der Waals surface area contributed by atoms with Crippen LogP contribution in [0, 0.1) is 17.8 Å². The lowest BCUT2D eigenvalue weighted by Gasteiger charge is -2.18. The SMILES string of the molecule is CC(C)CCCCCCCCCCCCCCCCCCC(=O)O[C@H](COC(=O)CCCCCCCCCCC(C)C)COC(=O)CCCCCCCCC(C)C. The summed E-state index contributed by atoms with van der Waals surface area (Å²) in [5.41, 5.74) is 0. The van der Waals surface area contributed by atoms with Crippen molar-refractivity contribution < 1.29 is 28.6 Å². The molecule has 338 valence electrons. The zero-order chi connectivity index (χ0) is 42.0. The predicted octanol–water partition coefficient (Wildman–Crippen LogP) is 16.0. The first-order valence-corrected chi connectivity index (χ1v) is 25.1. The summed E-state index contributed by atoms with van der Waals surface area (Å²) in [6.07, 6.45) is 41.1. The Hall–Kier alpha value is -1.59. The minimum atomic E-state index is -0.762. The third-order valence-corrected chi connectivity index (χ3v) is 11.4. The van der Waals surface area contributed by atoms with Crippen LogP contribution in [0.25, 0.3) is 0 Å². The van der Waals surface area contributed by atoms with Crippen LogP contribution in [0.2, 0.25) is 0 Å². The Morgan fingerprint density at radius 3 is 0.754 bits per heavy atom. The Morgan fingerprint density at radius 2 is 0.509 bits per heavy atom. The third kappa shape index (κ3) is 45.3. The van der Waals surface area contributed by atoms with Crippen LogP contribution in [0.1, 0.15) is 273 Å². The van der Waals surface area contributed by atoms with Crippen molar-refractivity contribution in [1.29, 1.82) is 0 Å². The van der Waals surface area contributed by atoms with Gasteiger partial charge in [0.05, 0.1) is 0 Å². The number of esters is 3. The molecular weight excluding hydrogens is 709 g/mol. The van der Waals surface area contributed by atoms with Crippen LogP contribution < -0.4 is 0 Å². The van der Waals surface area contributed by atoms with Gasteiger partial charge in [-0.15, -0.1) is 0 Å². The maximum absolute atomic E-state index is 12.8. The van der Waals surface area contributed by atoms with Gasteiger partial charge in [-0.1, -0.05) is 234 Å². The van der Waals surface area contributed by atoms with Crippen molar-refractivity contribution in [3.8, 4) is 0 Å². The first-order valence-electron chi connectivity index (χ1n) is 25.1. The van der Waals surface area contributed by atoms with Gasteiger partial charge in [0.15, 0.2) is 6.10 Å². The minimum absolute atomic E-state index is 0.0663. The van der Waals surface area contributed by atoms with Gasteiger partial charge in [-0.2, -0.15) is 0 Å². The summed E-state index contributed by atoms with van der Waals surface area (Å²) in [6.45, 7) is 13.6. The molecule has 0 fully saturated rings. The second-order valence-electron chi connectivity index (χ2n) is 18.9. The quantitative estimate of drug-likeness (QED) is 0.0347. The fourth-order valence-corrected chi connectivity index (χ4v) is 7.59. The number of carbonyl (C=O) groups is 3. The molecule has 0 saturated carbocycles. The van der Waals surface area contributed by atoms with E-state index in [1.54, 1.807) is 0 Å². The zero-order valence-corrected chi connectivity index (χ0v) is 39.1. The molecule has 57 heavy (non-hydrogen) atoms. The molecule has 0 aromatic heterocycles. The maximum Gasteiger partial charge on any atom is 0.306 e. The molecule has 0 saturated heterocycles. The minimum Gasteiger partial charge on any atom is -0.462 e. The number of unbranched alkanes of at least 4 members (excludes halogenated alkanes) is 27. The molecule has 0 heterocycles. The molecule has 0 bridgehead atoms. The fraction of sp³-hybridized carbons (Fsp3) is 0.941. The van der Waals surface area contributed by atoms with Crippen molar-refractivity contribution >= 4 is 17.9 Å². The van der Waals surface area contributed by atoms with E-state index in [1.807, 2.05) is 0 Å². The average molecular weight is 807 g/mol. The monoisotopic (exact) mass is 807 g/mol. The number of hydrogen-bond acceptors (Lipinski definition) is 6. The van der Waals surface area contributed by atoms with Crippen LogP contribution in [0.15, 0.2) is 0 Å². The number of rotatable bonds is 44. The smallest absolute Gasteiger partial charge is 0.306 e. The first-order chi connectivity index (χ1) is 27.6. The van der Waals surface area contributed by atoms with Gasteiger partial charge in [0.2, 0.25) is 0 Å². The van der Waals surface area contributed by atoms with E-state index in [-0.39, 0.29) is 31.1 Å². The molecule has 1 atom stereocenters. The molecule has 0 aromatic carbocycles. The molecule has 0 radical (unpaired) electrons. The number of hydrogen-bond donors (Lipinski definition) is 0. The molecule has 0 unspecified atom stereocenters. The van der Waals surface area contributed by atoms with Crippen LogP contribution in [0.5, 0.6) is 0 Å². The molecule has 0 rings (SSSR count). The molecule has 0 amide bonds. The number of carbonyl (C=O) groups excluding carboxylic acids is 3. The Kier molecular flexibility index (Phi) is 41.3. The van der Waals surface area contributed by atoms with Crippen molar-refractivity contribution in [3.63, 3.8) is 0 Å². The Morgan fingerprint density at radius 1 is 0.298 bits per heavy atom. The van der Waals surface area contributed by atoms with Gasteiger partial charge >= 0.3 is 17.9 Å². The average Bonchev–Trinajstić information content (AvgIpc) is 3.16. The fourth-order valence-electron chi connectivity index (χ4n) is 7.59. The van der Waals surface area contributed by atoms with Crippen molar-refractivity contribution in [2.75, 3.05) is 13.2 Å². The molecule has 0 aliphatic heterocycles. The van der Waals surface area contributed by atoms with Crippen molar-refractivity contribution in [3.05, 3.63) is 0 Å². The summed E-state index contributed by atoms with van der Waals surface area (Å²) < 4.78 is 16.7. The molecule has 6 nitrogen and oxygen atoms in total. The van der Waals surface area contributed by atoms with Gasteiger partial charge in [0.1, 0.15) is 13.2 Å². The van der Waals surface area contributed by atoms with Crippen molar-refractivity contribution in [2.24, 2.45) is 17.8 Å². The number of ether oxygens (including phenoxy) is 3. The normalized spacial score (nSPS) is 12.2. The molecule has 6 heteroatoms. The molecule has 0 N–H and O–H groups in total. The molecular formula is C51H98O6. The summed E-state index contributed by atoms with van der Waals surface area (Å²) in [7, 11) is 0. The van der Waals surface area contributed by atoms with E-state index in [2.05, 4.69) is 41.5 Å². The van der Waals surface area contributed by atoms with Gasteiger partial charge < -0.3 is 14.2 Å². The van der Waals surface area contributed by atoms with Gasteiger partial charge in [-0.25, -0.2) is 0 Å². The lowest BCUT2D eigenvalue weighted by Crippen LogP contribution is -2.30. The second-order valence-corrected chi connectivity index (χ2v) is 18.9. The van der Waals surface area contributed by atoms with Crippen LogP contribution >= 0.6 is 0 Å². The summed E-state index contributed by atoms with van der Waals surface area (Å²) in [4.78, 5) is 37.8. The molecule has 0 spiro atoms. The topological polar surface area (TPSA) is 78.9 Å². The van der Waals surface area contributed by atoms with E-state index in [0.29, 0.717) is 19.3 Å². The molecule has 0 aliphatic rings. The first kappa shape index (κ1) is 55.4. The van der Waals surface area contributed by atoms with Crippen molar-refractivity contribution in [1.82, 2.24) is 0 Å². The van der Waals surface area contributed by atoms with Gasteiger partial charge in [0, 0.05) is 19.3 Å². The van der Waals surface area contributed by atoms with E-state index in [9.17, 15) is 14.4 Å². The predicted molar refractivity (Wildman–Crippen MR) is 243 cm³/mol. The van der Waals surface area contributed by atoms with Gasteiger partial charge in [-0.05, 0) is 37.0 Å². The standard InChI is InChI=1S/C51H98O6/c1-45(2)37-31-25-19-15-13-11-9-7-8-10-12-14-16-22-30-36-42-51(54)57-48(44-56-50(53)41-35-29-24-23-27-33-39-47(5)6)43-55-49(52)40-34-28-21-18-17-20-26-32-38-46(3)4/h45-48H,7-44H2,1-6H3/t48-/m1/s1. The van der Waals surface area contributed by atoms with Gasteiger partial charge in [0.25, 0.3) is 0 Å². The van der Waals surface area contributed by atoms with E-state index in [4.69, 9.17) is 14.2 Å². The van der Waals surface area contributed by atoms with E-state index in [1.165, 1.54) is 154 Å². The van der Waals surface area contributed by atoms with Crippen LogP contribution in [0.3, 0.4) is 0 Å². The summed E-state index contributed by atoms with van der Waals surface area (Å²) in [5, 5.41) is 0. The molecule has 0 aliphatic carbocycles. The summed E-state index contributed by atoms with van der Waals surface area (Å²) in [6, 6.07) is 0. The maximum atomic E-state index is 12.8. The van der Waals surface area contributed by atoms with Crippen LogP contribution in [0.4, 0.5) is 0 Å². The van der Waals surface area contributed by atoms with E-state index in [0.717, 1.165) is 75.5 Å². The summed E-state index contributed by atoms with van der Waals surface area (Å²) in [5.74, 6) is 1.55. The van der Waals surface area contributed by atoms with E-state index >= 15 is 0 Å². The third-order valence-electron chi connectivity index (χ3n) is 11.4. The van der Waals surface area contributed by atoms with Crippen LogP contribution in [-0.2, 0) is 28.6 Å². The lowest BCUT2D eigenvalue weighted by atomic mass is 10.0. The highest BCUT2D eigenvalue weighted by atomic mass is 16.6. The van der Waals surface area contributed by atoms with E-state index < -0.39 is 6.10 Å². The highest BCUT2D eigenvalue weighted by Crippen LogP contribution is 2.17. The molecule has 0 aromatic rings. The van der Waals surface area contributed by atoms with Crippen molar-refractivity contribution in [2.45, 2.75) is 279 Å². The van der Waals surface area contributed by atoms with Crippen LogP contribution in [-0.4, -0.2) is 37.2 Å². The zero-order valence-electron chi connectivity index (χ0n) is 39.1. The second kappa shape index (κ2) is 42.5. The lowest BCUT2D eigenvalue weighted by molar-refractivity contribution is -0.167. The summed E-state index contributed by atoms with van der Waals surface area (Å²) >= 11 is 0. The Bertz CT molecular complexity index is 883. The highest BCUT2D eigenvalue weighted by Gasteiger charge is 2.19. The Labute approximate surface area is 355 Å². The van der Waals surface area contributed by atoms with Gasteiger partial charge in [-0.3, -0.25) is 14.4 Å². The Balaban J connectivity index is 4.24.